The minimum Gasteiger partial charge on any atom is -0.394 e. The van der Waals surface area contributed by atoms with Gasteiger partial charge in [0, 0.05) is 44.1 Å². The van der Waals surface area contributed by atoms with Crippen molar-refractivity contribution in [3.63, 3.8) is 0 Å². The first kappa shape index (κ1) is 50.3. The molecule has 2 saturated heterocycles. The van der Waals surface area contributed by atoms with Crippen molar-refractivity contribution < 1.29 is 58.0 Å². The SMILES string of the molecule is CC(=O)NC1C(OCc2ccccc2)OC(CO)C(O)C1OC(C)C(=O)N1CCC[C@@H]1C(=O)N[C@@H](CCC(=O)NCCCCCC(=O)Nc1ccc2c(c1)CN1C(=O)c3ccccc3C1=N2)C(N)=O. The zero-order valence-electron chi connectivity index (χ0n) is 38.6. The number of nitrogens with zero attached hydrogens (tertiary/aromatic N) is 3. The average Bonchev–Trinajstić information content (AvgIpc) is 3.94. The number of rotatable bonds is 21. The molecule has 20 heteroatoms. The molecular weight excluding hydrogens is 893 g/mol. The van der Waals surface area contributed by atoms with Gasteiger partial charge in [-0.2, -0.15) is 0 Å². The number of nitrogens with one attached hydrogen (secondary N) is 4. The predicted molar refractivity (Wildman–Crippen MR) is 249 cm³/mol. The van der Waals surface area contributed by atoms with Gasteiger partial charge in [-0.05, 0) is 74.4 Å². The molecule has 7 amide bonds. The molecule has 2 fully saturated rings. The zero-order valence-corrected chi connectivity index (χ0v) is 38.6. The van der Waals surface area contributed by atoms with Crippen molar-refractivity contribution in [3.8, 4) is 0 Å². The first-order valence-corrected chi connectivity index (χ1v) is 23.3. The summed E-state index contributed by atoms with van der Waals surface area (Å²) in [5.74, 6) is -2.56. The fourth-order valence-corrected chi connectivity index (χ4v) is 9.00. The van der Waals surface area contributed by atoms with Crippen LogP contribution in [0.15, 0.2) is 77.8 Å². The quantitative estimate of drug-likeness (QED) is 0.0752. The van der Waals surface area contributed by atoms with E-state index in [4.69, 9.17) is 24.9 Å². The lowest BCUT2D eigenvalue weighted by Gasteiger charge is -2.45. The molecule has 368 valence electrons. The number of primary amides is 1. The van der Waals surface area contributed by atoms with Gasteiger partial charge in [0.05, 0.1) is 31.0 Å². The molecule has 4 heterocycles. The van der Waals surface area contributed by atoms with Crippen LogP contribution in [0.25, 0.3) is 0 Å². The molecule has 3 aromatic carbocycles. The summed E-state index contributed by atoms with van der Waals surface area (Å²) >= 11 is 0. The van der Waals surface area contributed by atoms with Gasteiger partial charge in [-0.1, -0.05) is 55.0 Å². The van der Waals surface area contributed by atoms with E-state index in [2.05, 4.69) is 21.3 Å². The minimum atomic E-state index is -1.48. The normalized spacial score (nSPS) is 22.3. The number of nitrogens with two attached hydrogens (primary N) is 1. The van der Waals surface area contributed by atoms with Crippen LogP contribution in [0.1, 0.15) is 92.3 Å². The molecule has 69 heavy (non-hydrogen) atoms. The fraction of sp³-hybridized carbons (Fsp3) is 0.469. The second-order valence-corrected chi connectivity index (χ2v) is 17.6. The van der Waals surface area contributed by atoms with Crippen molar-refractivity contribution >= 4 is 58.6 Å². The Labute approximate surface area is 399 Å². The number of ether oxygens (including phenoxy) is 3. The summed E-state index contributed by atoms with van der Waals surface area (Å²) in [6.45, 7) is 3.04. The number of aliphatic hydroxyl groups excluding tert-OH is 2. The monoisotopic (exact) mass is 952 g/mol. The van der Waals surface area contributed by atoms with Gasteiger partial charge in [-0.25, -0.2) is 4.99 Å². The largest absolute Gasteiger partial charge is 0.394 e. The van der Waals surface area contributed by atoms with E-state index in [0.29, 0.717) is 55.9 Å². The number of amidine groups is 1. The van der Waals surface area contributed by atoms with E-state index in [1.165, 1.54) is 18.7 Å². The zero-order chi connectivity index (χ0) is 49.2. The molecule has 0 radical (unpaired) electrons. The second kappa shape index (κ2) is 23.1. The lowest BCUT2D eigenvalue weighted by molar-refractivity contribution is -0.283. The predicted octanol–water partition coefficient (Wildman–Crippen LogP) is 1.66. The molecule has 8 N–H and O–H groups in total. The number of carbonyl (C=O) groups excluding carboxylic acids is 7. The maximum atomic E-state index is 13.9. The summed E-state index contributed by atoms with van der Waals surface area (Å²) in [4.78, 5) is 98.3. The molecule has 0 aromatic heterocycles. The van der Waals surface area contributed by atoms with Crippen molar-refractivity contribution in [1.82, 2.24) is 25.8 Å². The highest BCUT2D eigenvalue weighted by Gasteiger charge is 2.49. The van der Waals surface area contributed by atoms with E-state index in [1.54, 1.807) is 17.0 Å². The topological polar surface area (TPSA) is 281 Å². The molecule has 0 bridgehead atoms. The van der Waals surface area contributed by atoms with Crippen molar-refractivity contribution in [2.45, 2.75) is 127 Å². The fourth-order valence-electron chi connectivity index (χ4n) is 9.00. The molecule has 7 rings (SSSR count). The van der Waals surface area contributed by atoms with E-state index in [1.807, 2.05) is 60.7 Å². The van der Waals surface area contributed by atoms with Crippen molar-refractivity contribution in [3.05, 3.63) is 95.1 Å². The Bertz CT molecular complexity index is 2420. The van der Waals surface area contributed by atoms with Crippen LogP contribution in [0, 0.1) is 0 Å². The third kappa shape index (κ3) is 12.4. The van der Waals surface area contributed by atoms with Crippen molar-refractivity contribution in [1.29, 1.82) is 0 Å². The van der Waals surface area contributed by atoms with E-state index < -0.39 is 79.1 Å². The molecule has 4 aliphatic rings. The van der Waals surface area contributed by atoms with Gasteiger partial charge in [0.15, 0.2) is 6.29 Å². The maximum Gasteiger partial charge on any atom is 0.260 e. The Morgan fingerprint density at radius 1 is 0.957 bits per heavy atom. The second-order valence-electron chi connectivity index (χ2n) is 17.6. The van der Waals surface area contributed by atoms with Crippen LogP contribution >= 0.6 is 0 Å². The summed E-state index contributed by atoms with van der Waals surface area (Å²) < 4.78 is 17.9. The van der Waals surface area contributed by atoms with Gasteiger partial charge < -0.3 is 56.3 Å². The van der Waals surface area contributed by atoms with E-state index in [-0.39, 0.29) is 56.6 Å². The first-order chi connectivity index (χ1) is 33.2. The number of amides is 7. The van der Waals surface area contributed by atoms with Crippen LogP contribution < -0.4 is 27.0 Å². The summed E-state index contributed by atoms with van der Waals surface area (Å²) in [6.07, 6.45) is -3.73. The van der Waals surface area contributed by atoms with E-state index >= 15 is 0 Å². The highest BCUT2D eigenvalue weighted by molar-refractivity contribution is 6.24. The highest BCUT2D eigenvalue weighted by atomic mass is 16.7. The summed E-state index contributed by atoms with van der Waals surface area (Å²) in [5.41, 5.74) is 10.0. The molecule has 0 saturated carbocycles. The van der Waals surface area contributed by atoms with Gasteiger partial charge in [0.25, 0.3) is 11.8 Å². The average molecular weight is 953 g/mol. The summed E-state index contributed by atoms with van der Waals surface area (Å²) in [5, 5.41) is 32.2. The number of anilines is 1. The summed E-state index contributed by atoms with van der Waals surface area (Å²) in [7, 11) is 0. The third-order valence-electron chi connectivity index (χ3n) is 12.6. The molecule has 0 aliphatic carbocycles. The van der Waals surface area contributed by atoms with Gasteiger partial charge in [0.2, 0.25) is 29.5 Å². The van der Waals surface area contributed by atoms with Crippen LogP contribution in [0.2, 0.25) is 0 Å². The molecular formula is C49H60N8O12. The smallest absolute Gasteiger partial charge is 0.260 e. The molecule has 3 aromatic rings. The maximum absolute atomic E-state index is 13.9. The standard InChI is InChI=1S/C49H60N8O12/c1-28(68-43-41(52-29(2)59)49(69-38(26-58)42(43)62)67-27-30-12-5-3-6-13-30)47(65)56-23-11-16-37(56)46(64)55-36(44(50)63)20-21-39(60)51-22-10-4-7-17-40(61)53-32-18-19-35-31(24-32)25-57-45(54-35)33-14-8-9-15-34(33)48(57)66/h3,5-6,8-9,12-15,18-19,24,28,36-38,41-43,49,58,62H,4,7,10-11,16-17,20-23,25-27H2,1-2H3,(H2,50,63)(H,51,60)(H,52,59)(H,53,61)(H,55,64)/t28?,36-,37+,38?,41?,42?,43?,49?/m0/s1. The van der Waals surface area contributed by atoms with Crippen LogP contribution in [-0.4, -0.2) is 136 Å². The van der Waals surface area contributed by atoms with Crippen LogP contribution in [0.5, 0.6) is 0 Å². The third-order valence-corrected chi connectivity index (χ3v) is 12.6. The number of hydrogen-bond donors (Lipinski definition) is 7. The van der Waals surface area contributed by atoms with Crippen LogP contribution in [-0.2, 0) is 56.1 Å². The van der Waals surface area contributed by atoms with Gasteiger partial charge >= 0.3 is 0 Å². The van der Waals surface area contributed by atoms with Crippen molar-refractivity contribution in [2.75, 3.05) is 25.0 Å². The van der Waals surface area contributed by atoms with E-state index in [0.717, 1.165) is 22.4 Å². The van der Waals surface area contributed by atoms with Gasteiger partial charge in [-0.3, -0.25) is 38.5 Å². The van der Waals surface area contributed by atoms with Gasteiger partial charge in [-0.15, -0.1) is 0 Å². The number of fused-ring (bicyclic) bond motifs is 4. The van der Waals surface area contributed by atoms with Crippen molar-refractivity contribution in [2.24, 2.45) is 10.7 Å². The lowest BCUT2D eigenvalue weighted by atomic mass is 9.96. The Balaban J connectivity index is 0.823. The highest BCUT2D eigenvalue weighted by Crippen LogP contribution is 2.35. The Morgan fingerprint density at radius 2 is 1.71 bits per heavy atom. The van der Waals surface area contributed by atoms with Gasteiger partial charge in [0.1, 0.15) is 48.4 Å². The number of unbranched alkanes of at least 4 members (excludes halogenated alkanes) is 2. The number of aliphatic imine (C=N–C) groups is 1. The summed E-state index contributed by atoms with van der Waals surface area (Å²) in [6, 6.07) is 18.7. The van der Waals surface area contributed by atoms with Crippen LogP contribution in [0.4, 0.5) is 11.4 Å². The number of aliphatic hydroxyl groups is 2. The molecule has 0 spiro atoms. The molecule has 20 nitrogen and oxygen atoms in total. The van der Waals surface area contributed by atoms with E-state index in [9.17, 15) is 43.8 Å². The Hall–Kier alpha value is -6.58. The number of benzene rings is 3. The lowest BCUT2D eigenvalue weighted by Crippen LogP contribution is -2.66. The van der Waals surface area contributed by atoms with Crippen LogP contribution in [0.3, 0.4) is 0 Å². The number of hydrogen-bond acceptors (Lipinski definition) is 13. The molecule has 4 aliphatic heterocycles. The Kier molecular flexibility index (Phi) is 16.9. The minimum absolute atomic E-state index is 0.0706. The molecule has 6 unspecified atom stereocenters. The molecule has 8 atom stereocenters. The number of carbonyl (C=O) groups is 7. The first-order valence-electron chi connectivity index (χ1n) is 23.3. The Morgan fingerprint density at radius 3 is 2.45 bits per heavy atom. The number of likely N-dealkylation sites (tertiary alicyclic amines) is 1.